The van der Waals surface area contributed by atoms with E-state index in [-0.39, 0.29) is 0 Å². The van der Waals surface area contributed by atoms with E-state index in [0.29, 0.717) is 10.9 Å². The summed E-state index contributed by atoms with van der Waals surface area (Å²) in [5.74, 6) is -1.19. The van der Waals surface area contributed by atoms with Gasteiger partial charge in [0, 0.05) is 11.1 Å². The maximum atomic E-state index is 11.7. The number of carbonyl (C=O) groups excluding carboxylic acids is 2. The standard InChI is InChI=1S/C13H14N4O2S/c1-7-4-5-14-10(6-7)16-11(18)12(19)17-13-15-8(2)9(3)20-13/h4-6H,1-3H3,(H,14,16,18)(H,15,17,19). The number of thiazole rings is 1. The zero-order valence-electron chi connectivity index (χ0n) is 11.4. The largest absolute Gasteiger partial charge is 0.315 e. The highest BCUT2D eigenvalue weighted by atomic mass is 32.1. The van der Waals surface area contributed by atoms with Crippen LogP contribution in [0.3, 0.4) is 0 Å². The third kappa shape index (κ3) is 3.39. The Labute approximate surface area is 120 Å². The van der Waals surface area contributed by atoms with E-state index in [1.165, 1.54) is 11.3 Å². The molecule has 2 N–H and O–H groups in total. The Balaban J connectivity index is 2.00. The molecule has 0 atom stereocenters. The molecule has 0 unspecified atom stereocenters. The van der Waals surface area contributed by atoms with Crippen molar-refractivity contribution in [1.29, 1.82) is 0 Å². The number of rotatable bonds is 2. The van der Waals surface area contributed by atoms with Crippen molar-refractivity contribution in [2.24, 2.45) is 0 Å². The van der Waals surface area contributed by atoms with Crippen LogP contribution in [-0.2, 0) is 9.59 Å². The molecule has 2 amide bonds. The Kier molecular flexibility index (Phi) is 4.09. The molecule has 0 aliphatic heterocycles. The average molecular weight is 290 g/mol. The predicted molar refractivity (Wildman–Crippen MR) is 77.8 cm³/mol. The summed E-state index contributed by atoms with van der Waals surface area (Å²) in [6.07, 6.45) is 1.57. The summed E-state index contributed by atoms with van der Waals surface area (Å²) in [6.45, 7) is 5.62. The van der Waals surface area contributed by atoms with Crippen LogP contribution in [0.2, 0.25) is 0 Å². The molecule has 2 aromatic heterocycles. The van der Waals surface area contributed by atoms with Gasteiger partial charge >= 0.3 is 11.8 Å². The molecule has 104 valence electrons. The molecule has 0 saturated heterocycles. The highest BCUT2D eigenvalue weighted by Crippen LogP contribution is 2.20. The lowest BCUT2D eigenvalue weighted by molar-refractivity contribution is -0.133. The molecule has 2 aromatic rings. The number of nitrogens with one attached hydrogen (secondary N) is 2. The van der Waals surface area contributed by atoms with Crippen molar-refractivity contribution in [2.45, 2.75) is 20.8 Å². The lowest BCUT2D eigenvalue weighted by Gasteiger charge is -2.04. The van der Waals surface area contributed by atoms with Gasteiger partial charge in [0.2, 0.25) is 0 Å². The number of pyridine rings is 1. The monoisotopic (exact) mass is 290 g/mol. The van der Waals surface area contributed by atoms with Crippen LogP contribution in [0.4, 0.5) is 10.9 Å². The van der Waals surface area contributed by atoms with E-state index in [9.17, 15) is 9.59 Å². The Morgan fingerprint density at radius 1 is 1.15 bits per heavy atom. The van der Waals surface area contributed by atoms with Crippen LogP contribution < -0.4 is 10.6 Å². The molecule has 0 fully saturated rings. The number of aryl methyl sites for hydroxylation is 3. The summed E-state index contributed by atoms with van der Waals surface area (Å²) >= 11 is 1.33. The van der Waals surface area contributed by atoms with Gasteiger partial charge in [-0.3, -0.25) is 14.9 Å². The van der Waals surface area contributed by atoms with Gasteiger partial charge in [0.1, 0.15) is 5.82 Å². The summed E-state index contributed by atoms with van der Waals surface area (Å²) in [4.78, 5) is 32.6. The molecular formula is C13H14N4O2S. The maximum absolute atomic E-state index is 11.7. The molecule has 7 heteroatoms. The number of carbonyl (C=O) groups is 2. The molecule has 2 rings (SSSR count). The van der Waals surface area contributed by atoms with E-state index in [0.717, 1.165) is 16.1 Å². The third-order valence-electron chi connectivity index (χ3n) is 2.61. The fourth-order valence-electron chi connectivity index (χ4n) is 1.46. The molecule has 0 aliphatic carbocycles. The molecule has 20 heavy (non-hydrogen) atoms. The molecule has 0 spiro atoms. The summed E-state index contributed by atoms with van der Waals surface area (Å²) in [6, 6.07) is 3.49. The van der Waals surface area contributed by atoms with Crippen molar-refractivity contribution < 1.29 is 9.59 Å². The quantitative estimate of drug-likeness (QED) is 0.829. The summed E-state index contributed by atoms with van der Waals surface area (Å²) in [5, 5.41) is 5.32. The number of amides is 2. The minimum atomic E-state index is -0.770. The summed E-state index contributed by atoms with van der Waals surface area (Å²) in [7, 11) is 0. The van der Waals surface area contributed by atoms with Gasteiger partial charge in [-0.25, -0.2) is 9.97 Å². The minimum Gasteiger partial charge on any atom is -0.302 e. The molecular weight excluding hydrogens is 276 g/mol. The average Bonchev–Trinajstić information content (AvgIpc) is 2.68. The van der Waals surface area contributed by atoms with Crippen LogP contribution in [0.15, 0.2) is 18.3 Å². The second-order valence-corrected chi connectivity index (χ2v) is 5.49. The zero-order chi connectivity index (χ0) is 14.7. The van der Waals surface area contributed by atoms with Gasteiger partial charge in [-0.05, 0) is 38.5 Å². The predicted octanol–water partition coefficient (Wildman–Crippen LogP) is 2.04. The van der Waals surface area contributed by atoms with E-state index >= 15 is 0 Å². The van der Waals surface area contributed by atoms with Gasteiger partial charge in [0.25, 0.3) is 0 Å². The molecule has 6 nitrogen and oxygen atoms in total. The maximum Gasteiger partial charge on any atom is 0.315 e. The normalized spacial score (nSPS) is 10.2. The number of aromatic nitrogens is 2. The third-order valence-corrected chi connectivity index (χ3v) is 3.60. The zero-order valence-corrected chi connectivity index (χ0v) is 12.2. The Morgan fingerprint density at radius 3 is 2.45 bits per heavy atom. The van der Waals surface area contributed by atoms with Gasteiger partial charge in [-0.1, -0.05) is 0 Å². The Morgan fingerprint density at radius 2 is 1.85 bits per heavy atom. The Hall–Kier alpha value is -2.28. The van der Waals surface area contributed by atoms with Crippen LogP contribution >= 0.6 is 11.3 Å². The first-order valence-electron chi connectivity index (χ1n) is 5.94. The molecule has 0 aromatic carbocycles. The lowest BCUT2D eigenvalue weighted by Crippen LogP contribution is -2.29. The first-order chi connectivity index (χ1) is 9.45. The second-order valence-electron chi connectivity index (χ2n) is 4.29. The molecule has 2 heterocycles. The van der Waals surface area contributed by atoms with Crippen molar-refractivity contribution in [1.82, 2.24) is 9.97 Å². The Bertz CT molecular complexity index is 647. The van der Waals surface area contributed by atoms with Crippen molar-refractivity contribution in [2.75, 3.05) is 10.6 Å². The van der Waals surface area contributed by atoms with Gasteiger partial charge < -0.3 is 5.32 Å². The van der Waals surface area contributed by atoms with Crippen molar-refractivity contribution in [3.05, 3.63) is 34.5 Å². The topological polar surface area (TPSA) is 84.0 Å². The van der Waals surface area contributed by atoms with Crippen molar-refractivity contribution >= 4 is 34.1 Å². The molecule has 0 radical (unpaired) electrons. The van der Waals surface area contributed by atoms with E-state index < -0.39 is 11.8 Å². The number of nitrogens with zero attached hydrogens (tertiary/aromatic N) is 2. The number of anilines is 2. The highest BCUT2D eigenvalue weighted by molar-refractivity contribution is 7.15. The fraction of sp³-hybridized carbons (Fsp3) is 0.231. The highest BCUT2D eigenvalue weighted by Gasteiger charge is 2.16. The van der Waals surface area contributed by atoms with Crippen LogP contribution in [0, 0.1) is 20.8 Å². The van der Waals surface area contributed by atoms with Crippen molar-refractivity contribution in [3.63, 3.8) is 0 Å². The summed E-state index contributed by atoms with van der Waals surface area (Å²) in [5.41, 5.74) is 1.79. The van der Waals surface area contributed by atoms with Crippen LogP contribution in [0.1, 0.15) is 16.1 Å². The van der Waals surface area contributed by atoms with Gasteiger partial charge in [-0.15, -0.1) is 11.3 Å². The van der Waals surface area contributed by atoms with Crippen LogP contribution in [0.5, 0.6) is 0 Å². The number of hydrogen-bond acceptors (Lipinski definition) is 5. The van der Waals surface area contributed by atoms with Crippen molar-refractivity contribution in [3.8, 4) is 0 Å². The molecule has 0 aliphatic rings. The lowest BCUT2D eigenvalue weighted by atomic mass is 10.3. The molecule has 0 bridgehead atoms. The van der Waals surface area contributed by atoms with Gasteiger partial charge in [0.05, 0.1) is 5.69 Å². The fourth-order valence-corrected chi connectivity index (χ4v) is 2.27. The second kappa shape index (κ2) is 5.79. The van der Waals surface area contributed by atoms with Crippen LogP contribution in [0.25, 0.3) is 0 Å². The van der Waals surface area contributed by atoms with E-state index in [1.807, 2.05) is 20.8 Å². The first-order valence-corrected chi connectivity index (χ1v) is 6.76. The van der Waals surface area contributed by atoms with Gasteiger partial charge in [0.15, 0.2) is 5.13 Å². The van der Waals surface area contributed by atoms with E-state index in [1.54, 1.807) is 18.3 Å². The van der Waals surface area contributed by atoms with E-state index in [2.05, 4.69) is 20.6 Å². The summed E-state index contributed by atoms with van der Waals surface area (Å²) < 4.78 is 0. The first kappa shape index (κ1) is 14.1. The smallest absolute Gasteiger partial charge is 0.302 e. The minimum absolute atomic E-state index is 0.344. The SMILES string of the molecule is Cc1ccnc(NC(=O)C(=O)Nc2nc(C)c(C)s2)c1. The van der Waals surface area contributed by atoms with Gasteiger partial charge in [-0.2, -0.15) is 0 Å². The van der Waals surface area contributed by atoms with E-state index in [4.69, 9.17) is 0 Å². The molecule has 0 saturated carbocycles. The van der Waals surface area contributed by atoms with Crippen LogP contribution in [-0.4, -0.2) is 21.8 Å². The number of hydrogen-bond donors (Lipinski definition) is 2.